The zero-order valence-electron chi connectivity index (χ0n) is 11.5. The first-order valence-electron chi connectivity index (χ1n) is 6.90. The average Bonchev–Trinajstić information content (AvgIpc) is 2.34. The Bertz CT molecular complexity index is 229. The van der Waals surface area contributed by atoms with Gasteiger partial charge in [-0.3, -0.25) is 4.79 Å². The Balaban J connectivity index is 2.20. The van der Waals surface area contributed by atoms with Crippen molar-refractivity contribution in [2.24, 2.45) is 5.92 Å². The zero-order valence-corrected chi connectivity index (χ0v) is 11.5. The van der Waals surface area contributed by atoms with E-state index in [4.69, 9.17) is 0 Å². The van der Waals surface area contributed by atoms with Crippen molar-refractivity contribution < 1.29 is 4.79 Å². The van der Waals surface area contributed by atoms with Gasteiger partial charge in [0, 0.05) is 25.0 Å². The molecule has 0 radical (unpaired) electrons. The fraction of sp³-hybridized carbons (Fsp3) is 0.923. The SMILES string of the molecule is CCN(CC)CCNC(=O)[C@H]1CCN[C@@H](C)C1. The van der Waals surface area contributed by atoms with Gasteiger partial charge in [0.05, 0.1) is 0 Å². The maximum atomic E-state index is 11.9. The zero-order chi connectivity index (χ0) is 12.7. The number of amides is 1. The largest absolute Gasteiger partial charge is 0.355 e. The van der Waals surface area contributed by atoms with Crippen LogP contribution in [0.2, 0.25) is 0 Å². The van der Waals surface area contributed by atoms with E-state index in [1.165, 1.54) is 0 Å². The molecule has 1 aliphatic rings. The normalized spacial score (nSPS) is 24.9. The highest BCUT2D eigenvalue weighted by Crippen LogP contribution is 2.15. The van der Waals surface area contributed by atoms with Crippen LogP contribution in [0.25, 0.3) is 0 Å². The topological polar surface area (TPSA) is 44.4 Å². The van der Waals surface area contributed by atoms with Gasteiger partial charge in [-0.2, -0.15) is 0 Å². The molecule has 2 N–H and O–H groups in total. The van der Waals surface area contributed by atoms with E-state index in [1.807, 2.05) is 0 Å². The minimum atomic E-state index is 0.211. The minimum Gasteiger partial charge on any atom is -0.355 e. The summed E-state index contributed by atoms with van der Waals surface area (Å²) in [6.45, 7) is 11.3. The number of carbonyl (C=O) groups excluding carboxylic acids is 1. The van der Waals surface area contributed by atoms with Gasteiger partial charge in [0.15, 0.2) is 0 Å². The van der Waals surface area contributed by atoms with Crippen LogP contribution in [0, 0.1) is 5.92 Å². The highest BCUT2D eigenvalue weighted by molar-refractivity contribution is 5.78. The second-order valence-corrected chi connectivity index (χ2v) is 4.89. The highest BCUT2D eigenvalue weighted by Gasteiger charge is 2.24. The smallest absolute Gasteiger partial charge is 0.223 e. The standard InChI is InChI=1S/C13H27N3O/c1-4-16(5-2)9-8-15-13(17)12-6-7-14-11(3)10-12/h11-12,14H,4-10H2,1-3H3,(H,15,17)/t11-,12-/m0/s1. The number of likely N-dealkylation sites (N-methyl/N-ethyl adjacent to an activating group) is 1. The van der Waals surface area contributed by atoms with Crippen molar-refractivity contribution in [1.29, 1.82) is 0 Å². The Morgan fingerprint density at radius 3 is 2.71 bits per heavy atom. The number of hydrogen-bond acceptors (Lipinski definition) is 3. The van der Waals surface area contributed by atoms with Gasteiger partial charge in [-0.25, -0.2) is 0 Å². The summed E-state index contributed by atoms with van der Waals surface area (Å²) in [6.07, 6.45) is 1.94. The molecule has 0 aromatic carbocycles. The lowest BCUT2D eigenvalue weighted by atomic mass is 9.92. The second-order valence-electron chi connectivity index (χ2n) is 4.89. The molecule has 0 spiro atoms. The Morgan fingerprint density at radius 2 is 2.12 bits per heavy atom. The van der Waals surface area contributed by atoms with Crippen LogP contribution in [0.4, 0.5) is 0 Å². The van der Waals surface area contributed by atoms with E-state index in [-0.39, 0.29) is 11.8 Å². The van der Waals surface area contributed by atoms with E-state index in [0.29, 0.717) is 6.04 Å². The van der Waals surface area contributed by atoms with Crippen molar-refractivity contribution in [1.82, 2.24) is 15.5 Å². The number of rotatable bonds is 6. The third kappa shape index (κ3) is 5.04. The van der Waals surface area contributed by atoms with Crippen LogP contribution in [-0.4, -0.2) is 49.6 Å². The third-order valence-electron chi connectivity index (χ3n) is 3.62. The Labute approximate surface area is 105 Å². The summed E-state index contributed by atoms with van der Waals surface area (Å²) in [5.74, 6) is 0.452. The van der Waals surface area contributed by atoms with Gasteiger partial charge in [-0.15, -0.1) is 0 Å². The molecule has 1 amide bonds. The average molecular weight is 241 g/mol. The van der Waals surface area contributed by atoms with E-state index < -0.39 is 0 Å². The van der Waals surface area contributed by atoms with Gasteiger partial charge in [0.2, 0.25) is 5.91 Å². The van der Waals surface area contributed by atoms with Gasteiger partial charge in [-0.05, 0) is 39.4 Å². The van der Waals surface area contributed by atoms with Crippen LogP contribution in [-0.2, 0) is 4.79 Å². The van der Waals surface area contributed by atoms with Crippen LogP contribution in [0.5, 0.6) is 0 Å². The van der Waals surface area contributed by atoms with Crippen molar-refractivity contribution in [2.75, 3.05) is 32.7 Å². The first kappa shape index (κ1) is 14.5. The predicted octanol–water partition coefficient (Wildman–Crippen LogP) is 0.833. The predicted molar refractivity (Wildman–Crippen MR) is 71.0 cm³/mol. The van der Waals surface area contributed by atoms with Crippen LogP contribution >= 0.6 is 0 Å². The molecule has 1 rings (SSSR count). The molecule has 1 aliphatic heterocycles. The van der Waals surface area contributed by atoms with Gasteiger partial charge in [0.25, 0.3) is 0 Å². The molecule has 0 unspecified atom stereocenters. The van der Waals surface area contributed by atoms with E-state index in [9.17, 15) is 4.79 Å². The molecular formula is C13H27N3O. The summed E-state index contributed by atoms with van der Waals surface area (Å²) in [7, 11) is 0. The van der Waals surface area contributed by atoms with E-state index >= 15 is 0 Å². The lowest BCUT2D eigenvalue weighted by Crippen LogP contribution is -2.44. The summed E-state index contributed by atoms with van der Waals surface area (Å²) in [6, 6.07) is 0.474. The van der Waals surface area contributed by atoms with E-state index in [2.05, 4.69) is 36.3 Å². The highest BCUT2D eigenvalue weighted by atomic mass is 16.1. The van der Waals surface area contributed by atoms with Crippen molar-refractivity contribution in [3.63, 3.8) is 0 Å². The first-order chi connectivity index (χ1) is 8.17. The molecule has 0 aliphatic carbocycles. The molecule has 0 aromatic heterocycles. The van der Waals surface area contributed by atoms with E-state index in [1.54, 1.807) is 0 Å². The number of carbonyl (C=O) groups is 1. The fourth-order valence-corrected chi connectivity index (χ4v) is 2.39. The van der Waals surface area contributed by atoms with Crippen molar-refractivity contribution in [3.05, 3.63) is 0 Å². The third-order valence-corrected chi connectivity index (χ3v) is 3.62. The van der Waals surface area contributed by atoms with Gasteiger partial charge < -0.3 is 15.5 Å². The molecule has 100 valence electrons. The number of hydrogen-bond donors (Lipinski definition) is 2. The number of piperidine rings is 1. The molecule has 1 fully saturated rings. The number of nitrogens with one attached hydrogen (secondary N) is 2. The monoisotopic (exact) mass is 241 g/mol. The molecule has 4 heteroatoms. The Morgan fingerprint density at radius 1 is 1.41 bits per heavy atom. The molecular weight excluding hydrogens is 214 g/mol. The van der Waals surface area contributed by atoms with Crippen molar-refractivity contribution in [3.8, 4) is 0 Å². The number of nitrogens with zero attached hydrogens (tertiary/aromatic N) is 1. The first-order valence-corrected chi connectivity index (χ1v) is 6.90. The maximum absolute atomic E-state index is 11.9. The molecule has 0 aromatic rings. The summed E-state index contributed by atoms with van der Waals surface area (Å²) >= 11 is 0. The van der Waals surface area contributed by atoms with Crippen LogP contribution in [0.3, 0.4) is 0 Å². The van der Waals surface area contributed by atoms with Crippen LogP contribution < -0.4 is 10.6 Å². The summed E-state index contributed by atoms with van der Waals surface area (Å²) in [4.78, 5) is 14.3. The van der Waals surface area contributed by atoms with Crippen molar-refractivity contribution in [2.45, 2.75) is 39.7 Å². The lowest BCUT2D eigenvalue weighted by Gasteiger charge is -2.27. The van der Waals surface area contributed by atoms with Crippen LogP contribution in [0.15, 0.2) is 0 Å². The summed E-state index contributed by atoms with van der Waals surface area (Å²) in [5.41, 5.74) is 0. The Hall–Kier alpha value is -0.610. The lowest BCUT2D eigenvalue weighted by molar-refractivity contribution is -0.126. The molecule has 2 atom stereocenters. The Kier molecular flexibility index (Phi) is 6.52. The molecule has 0 saturated carbocycles. The molecule has 1 heterocycles. The van der Waals surface area contributed by atoms with Gasteiger partial charge in [-0.1, -0.05) is 13.8 Å². The van der Waals surface area contributed by atoms with Crippen molar-refractivity contribution >= 4 is 5.91 Å². The molecule has 17 heavy (non-hydrogen) atoms. The van der Waals surface area contributed by atoms with Crippen LogP contribution in [0.1, 0.15) is 33.6 Å². The quantitative estimate of drug-likeness (QED) is 0.724. The van der Waals surface area contributed by atoms with Gasteiger partial charge >= 0.3 is 0 Å². The van der Waals surface area contributed by atoms with Gasteiger partial charge in [0.1, 0.15) is 0 Å². The fourth-order valence-electron chi connectivity index (χ4n) is 2.39. The molecule has 4 nitrogen and oxygen atoms in total. The summed E-state index contributed by atoms with van der Waals surface area (Å²) < 4.78 is 0. The second kappa shape index (κ2) is 7.67. The maximum Gasteiger partial charge on any atom is 0.223 e. The van der Waals surface area contributed by atoms with E-state index in [0.717, 1.165) is 45.6 Å². The minimum absolute atomic E-state index is 0.211. The molecule has 0 bridgehead atoms. The summed E-state index contributed by atoms with van der Waals surface area (Å²) in [5, 5.41) is 6.43. The molecule has 1 saturated heterocycles.